The molecule has 3 aromatic rings. The fourth-order valence-electron chi connectivity index (χ4n) is 2.54. The average molecular weight is 353 g/mol. The normalized spacial score (nSPS) is 10.9. The first kappa shape index (κ1) is 17.3. The van der Waals surface area contributed by atoms with Crippen molar-refractivity contribution >= 4 is 5.69 Å². The third-order valence-electron chi connectivity index (χ3n) is 3.66. The summed E-state index contributed by atoms with van der Waals surface area (Å²) in [5.41, 5.74) is -1.08. The lowest BCUT2D eigenvalue weighted by Crippen LogP contribution is -2.35. The lowest BCUT2D eigenvalue weighted by molar-refractivity contribution is -0.385. The Kier molecular flexibility index (Phi) is 4.53. The minimum absolute atomic E-state index is 0.0105. The molecule has 0 atom stereocenters. The van der Waals surface area contributed by atoms with Gasteiger partial charge in [-0.15, -0.1) is 0 Å². The molecule has 132 valence electrons. The first-order chi connectivity index (χ1) is 12.4. The number of nitro groups is 1. The molecule has 0 bridgehead atoms. The van der Waals surface area contributed by atoms with E-state index in [1.54, 1.807) is 44.2 Å². The zero-order valence-corrected chi connectivity index (χ0v) is 14.1. The SMILES string of the molecule is CC(C)Oc1c(-c2ccccc2Oc2ccccc2[N+](=O)[O-])c(=O)c1=O. The van der Waals surface area contributed by atoms with E-state index in [1.165, 1.54) is 18.2 Å². The summed E-state index contributed by atoms with van der Waals surface area (Å²) in [4.78, 5) is 34.5. The van der Waals surface area contributed by atoms with Gasteiger partial charge < -0.3 is 9.47 Å². The molecule has 0 radical (unpaired) electrons. The molecule has 0 heterocycles. The van der Waals surface area contributed by atoms with Gasteiger partial charge in [0.1, 0.15) is 5.75 Å². The van der Waals surface area contributed by atoms with E-state index >= 15 is 0 Å². The molecule has 0 saturated heterocycles. The summed E-state index contributed by atoms with van der Waals surface area (Å²) in [6.07, 6.45) is -0.277. The van der Waals surface area contributed by atoms with Crippen LogP contribution in [-0.2, 0) is 0 Å². The van der Waals surface area contributed by atoms with E-state index < -0.39 is 15.8 Å². The zero-order valence-electron chi connectivity index (χ0n) is 14.1. The van der Waals surface area contributed by atoms with Gasteiger partial charge in [0, 0.05) is 11.6 Å². The number of benzene rings is 2. The molecule has 0 aliphatic heterocycles. The fourth-order valence-corrected chi connectivity index (χ4v) is 2.54. The molecule has 7 heteroatoms. The topological polar surface area (TPSA) is 95.7 Å². The van der Waals surface area contributed by atoms with Gasteiger partial charge in [0.15, 0.2) is 5.75 Å². The van der Waals surface area contributed by atoms with Crippen LogP contribution in [0.15, 0.2) is 58.1 Å². The Labute approximate surface area is 148 Å². The molecule has 0 fully saturated rings. The monoisotopic (exact) mass is 353 g/mol. The Morgan fingerprint density at radius 1 is 0.923 bits per heavy atom. The van der Waals surface area contributed by atoms with Crippen LogP contribution < -0.4 is 20.3 Å². The first-order valence-corrected chi connectivity index (χ1v) is 7.90. The van der Waals surface area contributed by atoms with E-state index in [-0.39, 0.29) is 34.6 Å². The molecule has 0 N–H and O–H groups in total. The summed E-state index contributed by atoms with van der Waals surface area (Å²) < 4.78 is 11.1. The van der Waals surface area contributed by atoms with Gasteiger partial charge >= 0.3 is 5.69 Å². The molecule has 3 rings (SSSR count). The van der Waals surface area contributed by atoms with Crippen molar-refractivity contribution in [1.29, 1.82) is 0 Å². The van der Waals surface area contributed by atoms with Gasteiger partial charge in [-0.3, -0.25) is 19.7 Å². The molecule has 26 heavy (non-hydrogen) atoms. The molecule has 0 amide bonds. The maximum atomic E-state index is 12.1. The molecule has 0 aliphatic carbocycles. The van der Waals surface area contributed by atoms with Gasteiger partial charge in [-0.25, -0.2) is 0 Å². The van der Waals surface area contributed by atoms with Crippen molar-refractivity contribution in [2.24, 2.45) is 0 Å². The number of hydrogen-bond acceptors (Lipinski definition) is 6. The summed E-state index contributed by atoms with van der Waals surface area (Å²) in [7, 11) is 0. The van der Waals surface area contributed by atoms with Crippen molar-refractivity contribution in [2.75, 3.05) is 0 Å². The zero-order chi connectivity index (χ0) is 18.8. The highest BCUT2D eigenvalue weighted by Crippen LogP contribution is 2.38. The summed E-state index contributed by atoms with van der Waals surface area (Å²) in [6.45, 7) is 3.49. The van der Waals surface area contributed by atoms with Crippen molar-refractivity contribution in [3.05, 3.63) is 79.1 Å². The number of para-hydroxylation sites is 3. The number of rotatable bonds is 6. The third-order valence-corrected chi connectivity index (χ3v) is 3.66. The summed E-state index contributed by atoms with van der Waals surface area (Å²) in [5, 5.41) is 11.2. The van der Waals surface area contributed by atoms with Crippen molar-refractivity contribution in [1.82, 2.24) is 0 Å². The second-order valence-corrected chi connectivity index (χ2v) is 5.85. The molecule has 0 aromatic heterocycles. The number of nitro benzene ring substituents is 1. The van der Waals surface area contributed by atoms with Crippen molar-refractivity contribution in [3.8, 4) is 28.4 Å². The van der Waals surface area contributed by atoms with Gasteiger partial charge in [-0.05, 0) is 26.0 Å². The van der Waals surface area contributed by atoms with E-state index in [4.69, 9.17) is 9.47 Å². The van der Waals surface area contributed by atoms with Gasteiger partial charge in [-0.2, -0.15) is 0 Å². The van der Waals surface area contributed by atoms with Crippen LogP contribution in [0.4, 0.5) is 5.69 Å². The van der Waals surface area contributed by atoms with E-state index in [9.17, 15) is 19.7 Å². The Morgan fingerprint density at radius 2 is 1.54 bits per heavy atom. The Morgan fingerprint density at radius 3 is 2.19 bits per heavy atom. The van der Waals surface area contributed by atoms with Gasteiger partial charge in [0.05, 0.1) is 16.6 Å². The van der Waals surface area contributed by atoms with Crippen molar-refractivity contribution in [2.45, 2.75) is 20.0 Å². The van der Waals surface area contributed by atoms with Crippen LogP contribution in [0.5, 0.6) is 17.2 Å². The average Bonchev–Trinajstić information content (AvgIpc) is 2.62. The standard InChI is InChI=1S/C19H15NO6/c1-11(2)25-19-16(17(21)18(19)22)12-7-3-5-9-14(12)26-15-10-6-4-8-13(15)20(23)24/h3-11H,1-2H3. The molecule has 0 aliphatic rings. The van der Waals surface area contributed by atoms with E-state index in [1.807, 2.05) is 0 Å². The molecule has 7 nitrogen and oxygen atoms in total. The Hall–Kier alpha value is -3.48. The maximum absolute atomic E-state index is 12.1. The Balaban J connectivity index is 2.07. The predicted octanol–water partition coefficient (Wildman–Crippen LogP) is 3.44. The van der Waals surface area contributed by atoms with Crippen LogP contribution in [-0.4, -0.2) is 11.0 Å². The summed E-state index contributed by atoms with van der Waals surface area (Å²) in [5.74, 6) is 0.251. The van der Waals surface area contributed by atoms with Crippen LogP contribution in [0.1, 0.15) is 13.8 Å². The van der Waals surface area contributed by atoms with Crippen LogP contribution in [0.2, 0.25) is 0 Å². The number of nitrogens with zero attached hydrogens (tertiary/aromatic N) is 1. The first-order valence-electron chi connectivity index (χ1n) is 7.90. The van der Waals surface area contributed by atoms with Crippen LogP contribution in [0, 0.1) is 10.1 Å². The van der Waals surface area contributed by atoms with Gasteiger partial charge in [0.2, 0.25) is 11.2 Å². The molecule has 0 saturated carbocycles. The number of hydrogen-bond donors (Lipinski definition) is 0. The Bertz CT molecular complexity index is 1050. The quantitative estimate of drug-likeness (QED) is 0.383. The highest BCUT2D eigenvalue weighted by atomic mass is 16.6. The largest absolute Gasteiger partial charge is 0.486 e. The lowest BCUT2D eigenvalue weighted by Gasteiger charge is -2.17. The van der Waals surface area contributed by atoms with Crippen molar-refractivity contribution in [3.63, 3.8) is 0 Å². The predicted molar refractivity (Wildman–Crippen MR) is 95.7 cm³/mol. The highest BCUT2D eigenvalue weighted by molar-refractivity contribution is 5.79. The lowest BCUT2D eigenvalue weighted by atomic mass is 9.99. The fraction of sp³-hybridized carbons (Fsp3) is 0.158. The summed E-state index contributed by atoms with van der Waals surface area (Å²) in [6, 6.07) is 12.4. The van der Waals surface area contributed by atoms with Gasteiger partial charge in [-0.1, -0.05) is 30.3 Å². The maximum Gasteiger partial charge on any atom is 0.311 e. The van der Waals surface area contributed by atoms with Crippen LogP contribution in [0.25, 0.3) is 11.1 Å². The van der Waals surface area contributed by atoms with E-state index in [0.29, 0.717) is 5.56 Å². The number of ether oxygens (including phenoxy) is 2. The minimum Gasteiger partial charge on any atom is -0.486 e. The second-order valence-electron chi connectivity index (χ2n) is 5.85. The molecule has 0 spiro atoms. The van der Waals surface area contributed by atoms with E-state index in [0.717, 1.165) is 0 Å². The van der Waals surface area contributed by atoms with Crippen LogP contribution in [0.3, 0.4) is 0 Å². The van der Waals surface area contributed by atoms with Crippen LogP contribution >= 0.6 is 0 Å². The molecule has 0 unspecified atom stereocenters. The molecular weight excluding hydrogens is 338 g/mol. The van der Waals surface area contributed by atoms with Crippen molar-refractivity contribution < 1.29 is 14.4 Å². The van der Waals surface area contributed by atoms with E-state index in [2.05, 4.69) is 0 Å². The highest BCUT2D eigenvalue weighted by Gasteiger charge is 2.27. The van der Waals surface area contributed by atoms with Gasteiger partial charge in [0.25, 0.3) is 5.43 Å². The second kappa shape index (κ2) is 6.79. The smallest absolute Gasteiger partial charge is 0.311 e. The molecular formula is C19H15NO6. The minimum atomic E-state index is -0.686. The summed E-state index contributed by atoms with van der Waals surface area (Å²) >= 11 is 0. The molecule has 3 aromatic carbocycles. The third kappa shape index (κ3) is 3.06.